The van der Waals surface area contributed by atoms with Crippen molar-refractivity contribution in [1.82, 2.24) is 19.9 Å². The summed E-state index contributed by atoms with van der Waals surface area (Å²) in [6.07, 6.45) is -7.58. The van der Waals surface area contributed by atoms with E-state index in [1.807, 2.05) is 0 Å². The van der Waals surface area contributed by atoms with Crippen LogP contribution in [0.5, 0.6) is 17.2 Å². The summed E-state index contributed by atoms with van der Waals surface area (Å²) in [6.45, 7) is 1.55. The first kappa shape index (κ1) is 29.0. The van der Waals surface area contributed by atoms with Gasteiger partial charge in [0.2, 0.25) is 0 Å². The number of ether oxygens (including phenoxy) is 4. The van der Waals surface area contributed by atoms with E-state index < -0.39 is 47.5 Å². The van der Waals surface area contributed by atoms with E-state index in [1.165, 1.54) is 30.3 Å². The van der Waals surface area contributed by atoms with Gasteiger partial charge in [-0.1, -0.05) is 6.07 Å². The van der Waals surface area contributed by atoms with Crippen molar-refractivity contribution in [3.8, 4) is 22.9 Å². The van der Waals surface area contributed by atoms with Crippen molar-refractivity contribution in [2.75, 3.05) is 0 Å². The summed E-state index contributed by atoms with van der Waals surface area (Å²) in [4.78, 5) is 15.3. The van der Waals surface area contributed by atoms with Crippen LogP contribution < -0.4 is 20.0 Å². The average molecular weight is 651 g/mol. The van der Waals surface area contributed by atoms with E-state index in [2.05, 4.69) is 24.7 Å². The molecule has 242 valence electrons. The number of H-pyrrole nitrogens is 1. The summed E-state index contributed by atoms with van der Waals surface area (Å²) >= 11 is 0. The number of nitrogens with one attached hydrogen (secondary N) is 1. The highest BCUT2D eigenvalue weighted by Gasteiger charge is 2.72. The van der Waals surface area contributed by atoms with Gasteiger partial charge in [0.05, 0.1) is 17.0 Å². The molecule has 2 bridgehead atoms. The van der Waals surface area contributed by atoms with Crippen molar-refractivity contribution < 1.29 is 49.8 Å². The minimum absolute atomic E-state index is 0.0169. The third-order valence-corrected chi connectivity index (χ3v) is 9.16. The first-order chi connectivity index (χ1) is 21.7. The number of rotatable bonds is 7. The largest absolute Gasteiger partial charge is 0.586 e. The maximum atomic E-state index is 15.0. The number of alkyl halides is 5. The van der Waals surface area contributed by atoms with Crippen LogP contribution in [0.1, 0.15) is 79.6 Å². The van der Waals surface area contributed by atoms with Gasteiger partial charge in [0.15, 0.2) is 34.6 Å². The Labute approximate surface area is 255 Å². The molecule has 0 amide bonds. The molecule has 4 aliphatic carbocycles. The van der Waals surface area contributed by atoms with Crippen molar-refractivity contribution >= 4 is 0 Å². The molecule has 3 fully saturated rings. The lowest BCUT2D eigenvalue weighted by Gasteiger charge is -2.69. The summed E-state index contributed by atoms with van der Waals surface area (Å²) in [5.41, 5.74) is -1.30. The lowest BCUT2D eigenvalue weighted by Crippen LogP contribution is -2.71. The fourth-order valence-corrected chi connectivity index (χ4v) is 7.20. The number of benzene rings is 2. The van der Waals surface area contributed by atoms with E-state index in [0.717, 1.165) is 10.7 Å². The highest BCUT2D eigenvalue weighted by Crippen LogP contribution is 2.70. The molecule has 0 unspecified atom stereocenters. The van der Waals surface area contributed by atoms with Gasteiger partial charge in [-0.05, 0) is 75.3 Å². The molecule has 2 aromatic heterocycles. The minimum Gasteiger partial charge on any atom is -0.483 e. The van der Waals surface area contributed by atoms with Crippen LogP contribution in [0.3, 0.4) is 0 Å². The number of hydrogen-bond acceptors (Lipinski definition) is 8. The molecule has 2 aromatic carbocycles. The number of fused-ring (bicyclic) bond motifs is 2. The van der Waals surface area contributed by atoms with Gasteiger partial charge in [-0.15, -0.1) is 8.78 Å². The molecule has 1 N–H and O–H groups in total. The van der Waals surface area contributed by atoms with Gasteiger partial charge in [-0.25, -0.2) is 19.0 Å². The molecule has 5 aliphatic rings. The molecule has 3 heterocycles. The monoisotopic (exact) mass is 650 g/mol. The summed E-state index contributed by atoms with van der Waals surface area (Å²) < 4.78 is 112. The summed E-state index contributed by atoms with van der Waals surface area (Å²) in [5.74, 6) is -1.77. The molecule has 46 heavy (non-hydrogen) atoms. The van der Waals surface area contributed by atoms with Crippen molar-refractivity contribution in [2.24, 2.45) is 0 Å². The quantitative estimate of drug-likeness (QED) is 0.228. The van der Waals surface area contributed by atoms with Gasteiger partial charge in [0.25, 0.3) is 0 Å². The molecule has 16 heteroatoms. The molecule has 9 rings (SSSR count). The second-order valence-electron chi connectivity index (χ2n) is 12.3. The summed E-state index contributed by atoms with van der Waals surface area (Å²) in [7, 11) is 0. The lowest BCUT2D eigenvalue weighted by molar-refractivity contribution is -0.286. The standard InChI is InChI=1S/C30H24F6N4O6/c1-14(15-5-8-19-22(9-15)45-30(35,36)44-19)42-21-10-16(6-7-18(21)31)40-23-17(24(38-40)29(32,33)34)3-2-4-20(23)43-28-11-27(12-28,13-28)25-37-26(41)46-39-25/h5-10,14,20H,2-4,11-13H2,1H3,(H,37,39,41)/t14-,20-,27?,28?/m0/s1. The molecule has 3 saturated carbocycles. The third kappa shape index (κ3) is 4.55. The molecule has 1 aliphatic heterocycles. The number of aromatic nitrogens is 4. The van der Waals surface area contributed by atoms with Gasteiger partial charge in [-0.2, -0.15) is 23.3 Å². The molecule has 0 spiro atoms. The summed E-state index contributed by atoms with van der Waals surface area (Å²) in [5, 5.41) is 6.51. The van der Waals surface area contributed by atoms with Crippen LogP contribution in [0, 0.1) is 5.82 Å². The highest BCUT2D eigenvalue weighted by molar-refractivity contribution is 5.47. The zero-order chi connectivity index (χ0) is 32.2. The molecular formula is C30H24F6N4O6. The lowest BCUT2D eigenvalue weighted by atomic mass is 9.40. The second kappa shape index (κ2) is 9.53. The Bertz CT molecular complexity index is 1910. The fraction of sp³-hybridized carbons (Fsp3) is 0.433. The van der Waals surface area contributed by atoms with E-state index in [-0.39, 0.29) is 46.0 Å². The summed E-state index contributed by atoms with van der Waals surface area (Å²) in [6, 6.07) is 7.59. The van der Waals surface area contributed by atoms with E-state index in [1.54, 1.807) is 6.92 Å². The SMILES string of the molecule is C[C@H](Oc1cc(-n2nc(C(F)(F)F)c3c2[C@@H](OC24CC(c5nc(=O)o[nH]5)(C2)C4)CCC3)ccc1F)c1ccc2c(c1)OC(F)(F)O2. The number of hydrogen-bond donors (Lipinski definition) is 1. The van der Waals surface area contributed by atoms with Crippen LogP contribution in [0.25, 0.3) is 5.69 Å². The van der Waals surface area contributed by atoms with E-state index >= 15 is 4.39 Å². The van der Waals surface area contributed by atoms with Crippen LogP contribution in [-0.4, -0.2) is 31.8 Å². The van der Waals surface area contributed by atoms with Crippen LogP contribution in [0.2, 0.25) is 0 Å². The van der Waals surface area contributed by atoms with Gasteiger partial charge >= 0.3 is 18.2 Å². The first-order valence-corrected chi connectivity index (χ1v) is 14.5. The van der Waals surface area contributed by atoms with E-state index in [9.17, 15) is 26.7 Å². The van der Waals surface area contributed by atoms with E-state index in [4.69, 9.17) is 14.0 Å². The van der Waals surface area contributed by atoms with Crippen LogP contribution >= 0.6 is 0 Å². The minimum atomic E-state index is -4.75. The van der Waals surface area contributed by atoms with E-state index in [0.29, 0.717) is 43.5 Å². The Morgan fingerprint density at radius 2 is 1.85 bits per heavy atom. The van der Waals surface area contributed by atoms with Crippen LogP contribution in [0.4, 0.5) is 26.3 Å². The van der Waals surface area contributed by atoms with Crippen LogP contribution in [0.15, 0.2) is 45.7 Å². The second-order valence-corrected chi connectivity index (χ2v) is 12.3. The molecular weight excluding hydrogens is 626 g/mol. The van der Waals surface area contributed by atoms with Crippen molar-refractivity contribution in [3.05, 3.63) is 81.1 Å². The Morgan fingerprint density at radius 3 is 2.57 bits per heavy atom. The number of nitrogens with zero attached hydrogens (tertiary/aromatic N) is 3. The Kier molecular flexibility index (Phi) is 6.00. The molecule has 2 atom stereocenters. The Morgan fingerprint density at radius 1 is 1.09 bits per heavy atom. The molecule has 10 nitrogen and oxygen atoms in total. The predicted octanol–water partition coefficient (Wildman–Crippen LogP) is 6.44. The number of halogens is 6. The topological polar surface area (TPSA) is 114 Å². The van der Waals surface area contributed by atoms with Gasteiger partial charge in [0, 0.05) is 17.0 Å². The average Bonchev–Trinajstić information content (AvgIpc) is 3.64. The zero-order valence-corrected chi connectivity index (χ0v) is 23.9. The normalized spacial score (nSPS) is 26.2. The van der Waals surface area contributed by atoms with Crippen molar-refractivity contribution in [1.29, 1.82) is 0 Å². The van der Waals surface area contributed by atoms with Gasteiger partial charge in [-0.3, -0.25) is 0 Å². The molecule has 0 radical (unpaired) electrons. The van der Waals surface area contributed by atoms with Crippen molar-refractivity contribution in [3.63, 3.8) is 0 Å². The van der Waals surface area contributed by atoms with Gasteiger partial charge < -0.3 is 23.5 Å². The van der Waals surface area contributed by atoms with Crippen molar-refractivity contribution in [2.45, 2.75) is 81.1 Å². The predicted molar refractivity (Wildman–Crippen MR) is 142 cm³/mol. The van der Waals surface area contributed by atoms with Gasteiger partial charge in [0.1, 0.15) is 12.2 Å². The zero-order valence-electron chi connectivity index (χ0n) is 23.9. The van der Waals surface area contributed by atoms with Crippen LogP contribution in [-0.2, 0) is 22.7 Å². The smallest absolute Gasteiger partial charge is 0.483 e. The maximum Gasteiger partial charge on any atom is 0.586 e. The third-order valence-electron chi connectivity index (χ3n) is 9.16. The maximum absolute atomic E-state index is 15.0. The Balaban J connectivity index is 1.09. The molecule has 4 aromatic rings. The number of aromatic amines is 1. The highest BCUT2D eigenvalue weighted by atomic mass is 19.4. The Hall–Kier alpha value is -4.47. The first-order valence-electron chi connectivity index (χ1n) is 14.5. The molecule has 0 saturated heterocycles. The fourth-order valence-electron chi connectivity index (χ4n) is 7.20.